The zero-order valence-electron chi connectivity index (χ0n) is 15.5. The number of nitrogens with zero attached hydrogens (tertiary/aromatic N) is 3. The van der Waals surface area contributed by atoms with Crippen LogP contribution in [0.3, 0.4) is 0 Å². The van der Waals surface area contributed by atoms with Crippen LogP contribution < -0.4 is 16.2 Å². The summed E-state index contributed by atoms with van der Waals surface area (Å²) in [5.74, 6) is 1.17. The number of aliphatic hydroxyl groups excluding tert-OH is 1. The average Bonchev–Trinajstić information content (AvgIpc) is 2.64. The number of hydrogen-bond acceptors (Lipinski definition) is 5. The maximum Gasteiger partial charge on any atom is 0.260 e. The molecule has 146 valence electrons. The summed E-state index contributed by atoms with van der Waals surface area (Å²) in [6, 6.07) is 6.68. The quantitative estimate of drug-likeness (QED) is 0.809. The highest BCUT2D eigenvalue weighted by Crippen LogP contribution is 2.35. The third-order valence-electron chi connectivity index (χ3n) is 5.50. The number of benzene rings is 1. The molecule has 1 fully saturated rings. The SMILES string of the molecule is Cc1nc(N2CCC(C)([C@@H](O)CN)CC2)cc(=O)n1-c1cccc(Cl)c1Cl. The van der Waals surface area contributed by atoms with Crippen LogP contribution in [0.1, 0.15) is 25.6 Å². The number of anilines is 1. The first kappa shape index (κ1) is 20.1. The lowest BCUT2D eigenvalue weighted by atomic mass is 9.75. The van der Waals surface area contributed by atoms with Crippen molar-refractivity contribution in [2.24, 2.45) is 11.1 Å². The molecule has 0 aliphatic carbocycles. The molecule has 1 aliphatic heterocycles. The van der Waals surface area contributed by atoms with Crippen molar-refractivity contribution in [1.29, 1.82) is 0 Å². The minimum Gasteiger partial charge on any atom is -0.391 e. The molecule has 0 radical (unpaired) electrons. The topological polar surface area (TPSA) is 84.4 Å². The molecule has 2 aromatic rings. The van der Waals surface area contributed by atoms with Crippen LogP contribution in [-0.2, 0) is 0 Å². The molecule has 1 aromatic carbocycles. The second kappa shape index (κ2) is 7.80. The lowest BCUT2D eigenvalue weighted by Gasteiger charge is -2.42. The maximum absolute atomic E-state index is 12.8. The Hall–Kier alpha value is -1.60. The predicted molar refractivity (Wildman–Crippen MR) is 109 cm³/mol. The number of aromatic nitrogens is 2. The van der Waals surface area contributed by atoms with Crippen molar-refractivity contribution in [3.63, 3.8) is 0 Å². The van der Waals surface area contributed by atoms with Crippen LogP contribution in [0.4, 0.5) is 5.82 Å². The summed E-state index contributed by atoms with van der Waals surface area (Å²) in [5.41, 5.74) is 5.73. The molecule has 8 heteroatoms. The molecule has 0 amide bonds. The van der Waals surface area contributed by atoms with Gasteiger partial charge in [-0.25, -0.2) is 4.98 Å². The van der Waals surface area contributed by atoms with Gasteiger partial charge in [-0.15, -0.1) is 0 Å². The normalized spacial score (nSPS) is 17.8. The molecular weight excluding hydrogens is 387 g/mol. The fourth-order valence-electron chi connectivity index (χ4n) is 3.57. The van der Waals surface area contributed by atoms with Gasteiger partial charge in [0.05, 0.1) is 21.8 Å². The Bertz CT molecular complexity index is 892. The average molecular weight is 411 g/mol. The number of piperidine rings is 1. The molecule has 0 saturated carbocycles. The third kappa shape index (κ3) is 3.85. The van der Waals surface area contributed by atoms with E-state index < -0.39 is 6.10 Å². The fourth-order valence-corrected chi connectivity index (χ4v) is 3.95. The van der Waals surface area contributed by atoms with E-state index >= 15 is 0 Å². The summed E-state index contributed by atoms with van der Waals surface area (Å²) in [7, 11) is 0. The smallest absolute Gasteiger partial charge is 0.260 e. The molecule has 2 heterocycles. The van der Waals surface area contributed by atoms with E-state index in [0.717, 1.165) is 12.8 Å². The molecule has 1 atom stereocenters. The van der Waals surface area contributed by atoms with Gasteiger partial charge < -0.3 is 15.7 Å². The standard InChI is InChI=1S/C19H24Cl2N4O2/c1-12-23-16(24-8-6-19(2,7-9-24)15(26)11-22)10-17(27)25(12)14-5-3-4-13(20)18(14)21/h3-5,10,15,26H,6-9,11,22H2,1-2H3/t15-/m0/s1. The monoisotopic (exact) mass is 410 g/mol. The third-order valence-corrected chi connectivity index (χ3v) is 6.31. The van der Waals surface area contributed by atoms with Crippen LogP contribution in [0.15, 0.2) is 29.1 Å². The minimum atomic E-state index is -0.521. The highest BCUT2D eigenvalue weighted by Gasteiger charge is 2.36. The van der Waals surface area contributed by atoms with E-state index in [9.17, 15) is 9.90 Å². The first-order valence-corrected chi connectivity index (χ1v) is 9.70. The van der Waals surface area contributed by atoms with Crippen LogP contribution in [-0.4, -0.2) is 40.4 Å². The number of nitrogens with two attached hydrogens (primary N) is 1. The molecule has 1 aliphatic rings. The Kier molecular flexibility index (Phi) is 5.82. The molecule has 3 rings (SSSR count). The van der Waals surface area contributed by atoms with E-state index in [-0.39, 0.29) is 17.5 Å². The zero-order valence-corrected chi connectivity index (χ0v) is 17.0. The lowest BCUT2D eigenvalue weighted by Crippen LogP contribution is -2.47. The van der Waals surface area contributed by atoms with Crippen molar-refractivity contribution in [3.05, 3.63) is 50.5 Å². The highest BCUT2D eigenvalue weighted by molar-refractivity contribution is 6.43. The maximum atomic E-state index is 12.8. The van der Waals surface area contributed by atoms with E-state index in [1.54, 1.807) is 25.1 Å². The van der Waals surface area contributed by atoms with Crippen molar-refractivity contribution in [3.8, 4) is 5.69 Å². The van der Waals surface area contributed by atoms with Gasteiger partial charge in [0.1, 0.15) is 11.6 Å². The summed E-state index contributed by atoms with van der Waals surface area (Å²) in [6.07, 6.45) is 1.05. The van der Waals surface area contributed by atoms with Gasteiger partial charge in [-0.2, -0.15) is 0 Å². The molecular formula is C19H24Cl2N4O2. The summed E-state index contributed by atoms with van der Waals surface area (Å²) in [6.45, 7) is 5.50. The van der Waals surface area contributed by atoms with Crippen LogP contribution in [0.25, 0.3) is 5.69 Å². The van der Waals surface area contributed by atoms with Gasteiger partial charge >= 0.3 is 0 Å². The molecule has 3 N–H and O–H groups in total. The first-order valence-electron chi connectivity index (χ1n) is 8.95. The van der Waals surface area contributed by atoms with E-state index in [0.29, 0.717) is 40.5 Å². The van der Waals surface area contributed by atoms with Crippen molar-refractivity contribution in [2.75, 3.05) is 24.5 Å². The van der Waals surface area contributed by atoms with Gasteiger partial charge in [-0.05, 0) is 37.3 Å². The number of rotatable bonds is 4. The lowest BCUT2D eigenvalue weighted by molar-refractivity contribution is 0.0259. The molecule has 0 unspecified atom stereocenters. The van der Waals surface area contributed by atoms with Crippen molar-refractivity contribution in [2.45, 2.75) is 32.8 Å². The molecule has 0 bridgehead atoms. The van der Waals surface area contributed by atoms with E-state index in [1.165, 1.54) is 10.6 Å². The highest BCUT2D eigenvalue weighted by atomic mass is 35.5. The Morgan fingerprint density at radius 3 is 2.59 bits per heavy atom. The Morgan fingerprint density at radius 1 is 1.33 bits per heavy atom. The van der Waals surface area contributed by atoms with Gasteiger partial charge in [0.25, 0.3) is 5.56 Å². The Labute approximate surface area is 168 Å². The van der Waals surface area contributed by atoms with Gasteiger partial charge in [0.15, 0.2) is 0 Å². The zero-order chi connectivity index (χ0) is 19.8. The fraction of sp³-hybridized carbons (Fsp3) is 0.474. The van der Waals surface area contributed by atoms with Crippen LogP contribution in [0.5, 0.6) is 0 Å². The molecule has 6 nitrogen and oxygen atoms in total. The second-order valence-electron chi connectivity index (χ2n) is 7.30. The number of aliphatic hydroxyl groups is 1. The number of aryl methyl sites for hydroxylation is 1. The van der Waals surface area contributed by atoms with Gasteiger partial charge in [-0.1, -0.05) is 36.2 Å². The Morgan fingerprint density at radius 2 is 2.00 bits per heavy atom. The number of hydrogen-bond donors (Lipinski definition) is 2. The predicted octanol–water partition coefficient (Wildman–Crippen LogP) is 2.77. The number of halogens is 2. The summed E-state index contributed by atoms with van der Waals surface area (Å²) in [4.78, 5) is 19.5. The van der Waals surface area contributed by atoms with Gasteiger partial charge in [0.2, 0.25) is 0 Å². The second-order valence-corrected chi connectivity index (χ2v) is 8.09. The van der Waals surface area contributed by atoms with Crippen molar-refractivity contribution in [1.82, 2.24) is 9.55 Å². The molecule has 1 saturated heterocycles. The minimum absolute atomic E-state index is 0.205. The Balaban J connectivity index is 1.88. The summed E-state index contributed by atoms with van der Waals surface area (Å²) < 4.78 is 1.46. The van der Waals surface area contributed by atoms with Crippen LogP contribution in [0.2, 0.25) is 10.0 Å². The van der Waals surface area contributed by atoms with E-state index in [2.05, 4.69) is 16.8 Å². The van der Waals surface area contributed by atoms with Crippen molar-refractivity contribution >= 4 is 29.0 Å². The van der Waals surface area contributed by atoms with Crippen LogP contribution in [0, 0.1) is 12.3 Å². The largest absolute Gasteiger partial charge is 0.391 e. The van der Waals surface area contributed by atoms with E-state index in [1.807, 2.05) is 0 Å². The molecule has 0 spiro atoms. The molecule has 1 aromatic heterocycles. The van der Waals surface area contributed by atoms with Gasteiger partial charge in [0, 0.05) is 25.7 Å². The first-order chi connectivity index (χ1) is 12.8. The molecule has 27 heavy (non-hydrogen) atoms. The van der Waals surface area contributed by atoms with E-state index in [4.69, 9.17) is 28.9 Å². The summed E-state index contributed by atoms with van der Waals surface area (Å²) >= 11 is 12.4. The van der Waals surface area contributed by atoms with Gasteiger partial charge in [-0.3, -0.25) is 9.36 Å². The summed E-state index contributed by atoms with van der Waals surface area (Å²) in [5, 5.41) is 10.9. The van der Waals surface area contributed by atoms with Crippen LogP contribution >= 0.6 is 23.2 Å². The van der Waals surface area contributed by atoms with Crippen molar-refractivity contribution < 1.29 is 5.11 Å².